The Morgan fingerprint density at radius 2 is 2.13 bits per heavy atom. The number of hydrogen-bond donors (Lipinski definition) is 2. The van der Waals surface area contributed by atoms with E-state index in [2.05, 4.69) is 0 Å². The molecule has 0 saturated heterocycles. The highest BCUT2D eigenvalue weighted by molar-refractivity contribution is 5.17. The van der Waals surface area contributed by atoms with Crippen LogP contribution in [-0.4, -0.2) is 36.2 Å². The summed E-state index contributed by atoms with van der Waals surface area (Å²) in [5.74, 6) is -0.224. The molecule has 3 N–H and O–H groups in total. The van der Waals surface area contributed by atoms with Gasteiger partial charge in [-0.1, -0.05) is 18.2 Å². The Morgan fingerprint density at radius 1 is 1.47 bits per heavy atom. The second kappa shape index (κ2) is 5.80. The van der Waals surface area contributed by atoms with E-state index in [0.717, 1.165) is 0 Å². The summed E-state index contributed by atoms with van der Waals surface area (Å²) in [6.07, 6.45) is 0. The first-order valence-electron chi connectivity index (χ1n) is 4.93. The summed E-state index contributed by atoms with van der Waals surface area (Å²) in [4.78, 5) is 1.85. The van der Waals surface area contributed by atoms with E-state index in [4.69, 9.17) is 10.8 Å². The van der Waals surface area contributed by atoms with Gasteiger partial charge in [-0.3, -0.25) is 4.90 Å². The van der Waals surface area contributed by atoms with E-state index in [1.165, 1.54) is 6.07 Å². The van der Waals surface area contributed by atoms with Crippen molar-refractivity contribution >= 4 is 0 Å². The Kier molecular flexibility index (Phi) is 4.68. The quantitative estimate of drug-likeness (QED) is 0.750. The van der Waals surface area contributed by atoms with Gasteiger partial charge in [0.25, 0.3) is 0 Å². The summed E-state index contributed by atoms with van der Waals surface area (Å²) < 4.78 is 13.3. The highest BCUT2D eigenvalue weighted by atomic mass is 19.1. The molecule has 84 valence electrons. The molecule has 0 aromatic heterocycles. The van der Waals surface area contributed by atoms with Crippen LogP contribution in [0.25, 0.3) is 0 Å². The van der Waals surface area contributed by atoms with E-state index in [1.54, 1.807) is 18.2 Å². The van der Waals surface area contributed by atoms with Crippen molar-refractivity contribution < 1.29 is 9.50 Å². The van der Waals surface area contributed by atoms with Gasteiger partial charge in [0.1, 0.15) is 5.82 Å². The Bertz CT molecular complexity index is 302. The fourth-order valence-corrected chi connectivity index (χ4v) is 1.42. The van der Waals surface area contributed by atoms with Gasteiger partial charge in [-0.05, 0) is 13.1 Å². The van der Waals surface area contributed by atoms with Crippen molar-refractivity contribution in [3.8, 4) is 0 Å². The van der Waals surface area contributed by atoms with Crippen molar-refractivity contribution in [3.05, 3.63) is 35.6 Å². The predicted molar refractivity (Wildman–Crippen MR) is 57.8 cm³/mol. The molecular formula is C11H17FN2O. The lowest BCUT2D eigenvalue weighted by Crippen LogP contribution is -2.40. The molecule has 0 aliphatic rings. The molecule has 1 rings (SSSR count). The van der Waals surface area contributed by atoms with Gasteiger partial charge in [0.05, 0.1) is 6.61 Å². The Balaban J connectivity index is 2.65. The minimum atomic E-state index is -0.224. The molecule has 0 spiro atoms. The summed E-state index contributed by atoms with van der Waals surface area (Å²) in [6.45, 7) is 0.804. The van der Waals surface area contributed by atoms with Crippen molar-refractivity contribution in [1.29, 1.82) is 0 Å². The number of halogens is 1. The molecule has 1 unspecified atom stereocenters. The van der Waals surface area contributed by atoms with Gasteiger partial charge in [-0.25, -0.2) is 4.39 Å². The number of likely N-dealkylation sites (N-methyl/N-ethyl adjacent to an activating group) is 1. The highest BCUT2D eigenvalue weighted by Crippen LogP contribution is 2.10. The minimum absolute atomic E-state index is 0.0124. The third-order valence-electron chi connectivity index (χ3n) is 2.48. The van der Waals surface area contributed by atoms with Crippen LogP contribution in [0.1, 0.15) is 5.56 Å². The molecule has 0 aliphatic heterocycles. The number of hydrogen-bond acceptors (Lipinski definition) is 3. The number of nitrogens with zero attached hydrogens (tertiary/aromatic N) is 1. The van der Waals surface area contributed by atoms with Crippen LogP contribution in [0.5, 0.6) is 0 Å². The molecule has 1 aromatic carbocycles. The maximum Gasteiger partial charge on any atom is 0.127 e. The normalized spacial score (nSPS) is 13.1. The first-order chi connectivity index (χ1) is 7.19. The highest BCUT2D eigenvalue weighted by Gasteiger charge is 2.13. The topological polar surface area (TPSA) is 49.5 Å². The SMILES string of the molecule is CN(Cc1ccccc1F)C(CN)CO. The Hall–Kier alpha value is -0.970. The zero-order valence-electron chi connectivity index (χ0n) is 8.86. The van der Waals surface area contributed by atoms with Gasteiger partial charge in [0.15, 0.2) is 0 Å². The second-order valence-electron chi connectivity index (χ2n) is 3.58. The van der Waals surface area contributed by atoms with Crippen LogP contribution in [0.15, 0.2) is 24.3 Å². The summed E-state index contributed by atoms with van der Waals surface area (Å²) in [5.41, 5.74) is 6.10. The molecule has 1 atom stereocenters. The molecule has 0 fully saturated rings. The largest absolute Gasteiger partial charge is 0.395 e. The van der Waals surface area contributed by atoms with Crippen molar-refractivity contribution in [2.45, 2.75) is 12.6 Å². The Labute approximate surface area is 89.3 Å². The zero-order chi connectivity index (χ0) is 11.3. The van der Waals surface area contributed by atoms with Crippen LogP contribution in [0, 0.1) is 5.82 Å². The average molecular weight is 212 g/mol. The third kappa shape index (κ3) is 3.27. The molecule has 3 nitrogen and oxygen atoms in total. The lowest BCUT2D eigenvalue weighted by atomic mass is 10.2. The lowest BCUT2D eigenvalue weighted by Gasteiger charge is -2.25. The number of benzene rings is 1. The summed E-state index contributed by atoms with van der Waals surface area (Å²) in [7, 11) is 1.82. The van der Waals surface area contributed by atoms with Gasteiger partial charge in [-0.2, -0.15) is 0 Å². The molecule has 0 radical (unpaired) electrons. The van der Waals surface area contributed by atoms with Crippen LogP contribution in [-0.2, 0) is 6.54 Å². The van der Waals surface area contributed by atoms with E-state index in [1.807, 2.05) is 11.9 Å². The molecule has 0 bridgehead atoms. The van der Waals surface area contributed by atoms with Crippen molar-refractivity contribution in [1.82, 2.24) is 4.90 Å². The van der Waals surface area contributed by atoms with Crippen LogP contribution in [0.3, 0.4) is 0 Å². The predicted octanol–water partition coefficient (Wildman–Crippen LogP) is 0.577. The average Bonchev–Trinajstić information content (AvgIpc) is 2.23. The van der Waals surface area contributed by atoms with Crippen LogP contribution in [0.4, 0.5) is 4.39 Å². The summed E-state index contributed by atoms with van der Waals surface area (Å²) in [5, 5.41) is 9.03. The smallest absolute Gasteiger partial charge is 0.127 e. The van der Waals surface area contributed by atoms with Gasteiger partial charge < -0.3 is 10.8 Å². The zero-order valence-corrected chi connectivity index (χ0v) is 8.86. The monoisotopic (exact) mass is 212 g/mol. The van der Waals surface area contributed by atoms with E-state index < -0.39 is 0 Å². The fraction of sp³-hybridized carbons (Fsp3) is 0.455. The molecule has 1 aromatic rings. The van der Waals surface area contributed by atoms with Crippen LogP contribution >= 0.6 is 0 Å². The molecular weight excluding hydrogens is 195 g/mol. The summed E-state index contributed by atoms with van der Waals surface area (Å²) >= 11 is 0. The van der Waals surface area contributed by atoms with Gasteiger partial charge in [-0.15, -0.1) is 0 Å². The van der Waals surface area contributed by atoms with E-state index in [9.17, 15) is 4.39 Å². The Morgan fingerprint density at radius 3 is 2.67 bits per heavy atom. The molecule has 0 amide bonds. The van der Waals surface area contributed by atoms with Crippen molar-refractivity contribution in [2.24, 2.45) is 5.73 Å². The van der Waals surface area contributed by atoms with Crippen LogP contribution < -0.4 is 5.73 Å². The van der Waals surface area contributed by atoms with Crippen LogP contribution in [0.2, 0.25) is 0 Å². The maximum absolute atomic E-state index is 13.3. The number of rotatable bonds is 5. The van der Waals surface area contributed by atoms with Crippen molar-refractivity contribution in [2.75, 3.05) is 20.2 Å². The second-order valence-corrected chi connectivity index (χ2v) is 3.58. The first-order valence-corrected chi connectivity index (χ1v) is 4.93. The number of aliphatic hydroxyl groups is 1. The maximum atomic E-state index is 13.3. The third-order valence-corrected chi connectivity index (χ3v) is 2.48. The van der Waals surface area contributed by atoms with E-state index in [0.29, 0.717) is 18.7 Å². The molecule has 0 saturated carbocycles. The van der Waals surface area contributed by atoms with Gasteiger partial charge >= 0.3 is 0 Å². The number of nitrogens with two attached hydrogens (primary N) is 1. The fourth-order valence-electron chi connectivity index (χ4n) is 1.42. The van der Waals surface area contributed by atoms with Crippen molar-refractivity contribution in [3.63, 3.8) is 0 Å². The van der Waals surface area contributed by atoms with Gasteiger partial charge in [0, 0.05) is 24.7 Å². The first kappa shape index (κ1) is 12.1. The van der Waals surface area contributed by atoms with Gasteiger partial charge in [0.2, 0.25) is 0 Å². The van der Waals surface area contributed by atoms with E-state index in [-0.39, 0.29) is 18.5 Å². The van der Waals surface area contributed by atoms with E-state index >= 15 is 0 Å². The number of aliphatic hydroxyl groups excluding tert-OH is 1. The molecule has 0 aliphatic carbocycles. The molecule has 4 heteroatoms. The summed E-state index contributed by atoms with van der Waals surface area (Å²) in [6, 6.07) is 6.49. The molecule has 15 heavy (non-hydrogen) atoms. The molecule has 0 heterocycles. The lowest BCUT2D eigenvalue weighted by molar-refractivity contribution is 0.145. The standard InChI is InChI=1S/C11H17FN2O/c1-14(10(6-13)8-15)7-9-4-2-3-5-11(9)12/h2-5,10,15H,6-8,13H2,1H3. The minimum Gasteiger partial charge on any atom is -0.395 e.